The van der Waals surface area contributed by atoms with Crippen molar-refractivity contribution in [3.8, 4) is 0 Å². The molecule has 0 atom stereocenters. The molecule has 0 unspecified atom stereocenters. The molecule has 0 saturated heterocycles. The average molecular weight is 227 g/mol. The number of hydrogen-bond donors (Lipinski definition) is 1. The van der Waals surface area contributed by atoms with Crippen LogP contribution in [0.15, 0.2) is 36.7 Å². The van der Waals surface area contributed by atoms with Gasteiger partial charge in [0.2, 0.25) is 0 Å². The molecule has 0 saturated carbocycles. The molecule has 2 aromatic rings. The lowest BCUT2D eigenvalue weighted by Gasteiger charge is -2.26. The van der Waals surface area contributed by atoms with Crippen molar-refractivity contribution in [2.75, 3.05) is 6.54 Å². The molecule has 1 aliphatic heterocycles. The molecule has 0 aromatic carbocycles. The van der Waals surface area contributed by atoms with E-state index in [4.69, 9.17) is 0 Å². The first kappa shape index (κ1) is 10.1. The lowest BCUT2D eigenvalue weighted by Crippen LogP contribution is -2.36. The summed E-state index contributed by atoms with van der Waals surface area (Å²) in [5, 5.41) is 0. The van der Waals surface area contributed by atoms with E-state index < -0.39 is 0 Å². The van der Waals surface area contributed by atoms with Crippen LogP contribution in [0.1, 0.15) is 21.7 Å². The molecule has 0 aliphatic carbocycles. The molecular weight excluding hydrogens is 214 g/mol. The van der Waals surface area contributed by atoms with Crippen LogP contribution in [-0.2, 0) is 13.0 Å². The Morgan fingerprint density at radius 1 is 1.35 bits per heavy atom. The zero-order valence-electron chi connectivity index (χ0n) is 9.39. The first-order valence-corrected chi connectivity index (χ1v) is 5.70. The van der Waals surface area contributed by atoms with Crippen LogP contribution in [0.2, 0.25) is 0 Å². The van der Waals surface area contributed by atoms with Crippen LogP contribution in [0, 0.1) is 0 Å². The Balaban J connectivity index is 1.81. The van der Waals surface area contributed by atoms with Crippen LogP contribution in [0.3, 0.4) is 0 Å². The second kappa shape index (κ2) is 4.05. The molecular formula is C13H13N3O. The van der Waals surface area contributed by atoms with E-state index in [1.807, 2.05) is 29.3 Å². The summed E-state index contributed by atoms with van der Waals surface area (Å²) in [5.41, 5.74) is 2.97. The van der Waals surface area contributed by atoms with E-state index in [1.54, 1.807) is 12.3 Å². The molecule has 0 spiro atoms. The zero-order valence-corrected chi connectivity index (χ0v) is 9.39. The molecule has 0 radical (unpaired) electrons. The highest BCUT2D eigenvalue weighted by Gasteiger charge is 2.22. The third-order valence-electron chi connectivity index (χ3n) is 3.09. The fraction of sp³-hybridized carbons (Fsp3) is 0.231. The Kier molecular flexibility index (Phi) is 2.40. The largest absolute Gasteiger partial charge is 0.365 e. The average Bonchev–Trinajstić information content (AvgIpc) is 2.86. The van der Waals surface area contributed by atoms with E-state index >= 15 is 0 Å². The van der Waals surface area contributed by atoms with Gasteiger partial charge in [0.1, 0.15) is 5.69 Å². The summed E-state index contributed by atoms with van der Waals surface area (Å²) in [6, 6.07) is 7.45. The molecule has 86 valence electrons. The lowest BCUT2D eigenvalue weighted by molar-refractivity contribution is 0.0728. The normalized spacial score (nSPS) is 14.5. The van der Waals surface area contributed by atoms with E-state index in [0.717, 1.165) is 13.0 Å². The summed E-state index contributed by atoms with van der Waals surface area (Å²) in [7, 11) is 0. The first-order valence-electron chi connectivity index (χ1n) is 5.70. The third-order valence-corrected chi connectivity index (χ3v) is 3.09. The molecule has 1 aliphatic rings. The van der Waals surface area contributed by atoms with Crippen molar-refractivity contribution in [2.24, 2.45) is 0 Å². The highest BCUT2D eigenvalue weighted by molar-refractivity contribution is 5.92. The van der Waals surface area contributed by atoms with Crippen molar-refractivity contribution in [2.45, 2.75) is 13.0 Å². The van der Waals surface area contributed by atoms with Crippen molar-refractivity contribution in [3.63, 3.8) is 0 Å². The second-order valence-electron chi connectivity index (χ2n) is 4.17. The number of nitrogens with zero attached hydrogens (tertiary/aromatic N) is 2. The topological polar surface area (TPSA) is 49.0 Å². The van der Waals surface area contributed by atoms with Crippen LogP contribution in [-0.4, -0.2) is 27.3 Å². The Morgan fingerprint density at radius 3 is 3.12 bits per heavy atom. The van der Waals surface area contributed by atoms with Gasteiger partial charge in [-0.1, -0.05) is 6.07 Å². The summed E-state index contributed by atoms with van der Waals surface area (Å²) < 4.78 is 0. The number of fused-ring (bicyclic) bond motifs is 1. The fourth-order valence-electron chi connectivity index (χ4n) is 2.17. The van der Waals surface area contributed by atoms with Gasteiger partial charge in [0.25, 0.3) is 5.91 Å². The molecule has 4 nitrogen and oxygen atoms in total. The summed E-state index contributed by atoms with van der Waals surface area (Å²) in [6.45, 7) is 1.43. The summed E-state index contributed by atoms with van der Waals surface area (Å²) >= 11 is 0. The minimum atomic E-state index is 0.0115. The van der Waals surface area contributed by atoms with Gasteiger partial charge >= 0.3 is 0 Å². The Morgan fingerprint density at radius 2 is 2.29 bits per heavy atom. The Labute approximate surface area is 99.3 Å². The van der Waals surface area contributed by atoms with Gasteiger partial charge in [-0.2, -0.15) is 0 Å². The number of amides is 1. The molecule has 2 aromatic heterocycles. The zero-order chi connectivity index (χ0) is 11.7. The Bertz CT molecular complexity index is 533. The number of H-pyrrole nitrogens is 1. The molecule has 3 heterocycles. The maximum Gasteiger partial charge on any atom is 0.272 e. The van der Waals surface area contributed by atoms with E-state index in [0.29, 0.717) is 12.2 Å². The van der Waals surface area contributed by atoms with Gasteiger partial charge in [-0.25, -0.2) is 0 Å². The standard InChI is InChI=1S/C13H13N3O/c17-13(12-3-1-2-6-14-12)16-8-5-11-10(9-16)4-7-15-11/h1-4,6-7,15H,5,8-9H2. The van der Waals surface area contributed by atoms with Gasteiger partial charge in [-0.3, -0.25) is 9.78 Å². The number of pyridine rings is 1. The highest BCUT2D eigenvalue weighted by atomic mass is 16.2. The summed E-state index contributed by atoms with van der Waals surface area (Å²) in [5.74, 6) is 0.0115. The van der Waals surface area contributed by atoms with Crippen molar-refractivity contribution in [1.29, 1.82) is 0 Å². The van der Waals surface area contributed by atoms with Gasteiger partial charge in [0.05, 0.1) is 0 Å². The van der Waals surface area contributed by atoms with Crippen LogP contribution >= 0.6 is 0 Å². The summed E-state index contributed by atoms with van der Waals surface area (Å²) in [6.07, 6.45) is 4.47. The maximum atomic E-state index is 12.2. The van der Waals surface area contributed by atoms with Crippen LogP contribution in [0.5, 0.6) is 0 Å². The minimum absolute atomic E-state index is 0.0115. The molecule has 1 N–H and O–H groups in total. The van der Waals surface area contributed by atoms with E-state index in [9.17, 15) is 4.79 Å². The molecule has 0 fully saturated rings. The number of nitrogens with one attached hydrogen (secondary N) is 1. The van der Waals surface area contributed by atoms with Crippen molar-refractivity contribution < 1.29 is 4.79 Å². The van der Waals surface area contributed by atoms with Crippen molar-refractivity contribution >= 4 is 5.91 Å². The first-order chi connectivity index (χ1) is 8.34. The number of hydrogen-bond acceptors (Lipinski definition) is 2. The molecule has 1 amide bonds. The predicted octanol–water partition coefficient (Wildman–Crippen LogP) is 1.61. The van der Waals surface area contributed by atoms with E-state index in [1.165, 1.54) is 11.3 Å². The molecule has 17 heavy (non-hydrogen) atoms. The predicted molar refractivity (Wildman–Crippen MR) is 63.5 cm³/mol. The van der Waals surface area contributed by atoms with Gasteiger partial charge < -0.3 is 9.88 Å². The van der Waals surface area contributed by atoms with Crippen molar-refractivity contribution in [1.82, 2.24) is 14.9 Å². The van der Waals surface area contributed by atoms with Crippen LogP contribution in [0.4, 0.5) is 0 Å². The molecule has 0 bridgehead atoms. The number of aromatic nitrogens is 2. The van der Waals surface area contributed by atoms with Gasteiger partial charge in [0.15, 0.2) is 0 Å². The third kappa shape index (κ3) is 1.82. The maximum absolute atomic E-state index is 12.2. The smallest absolute Gasteiger partial charge is 0.272 e. The molecule has 4 heteroatoms. The number of rotatable bonds is 1. The van der Waals surface area contributed by atoms with E-state index in [2.05, 4.69) is 9.97 Å². The SMILES string of the molecule is O=C(c1ccccn1)N1CCc2[nH]ccc2C1. The number of carbonyl (C=O) groups is 1. The fourth-order valence-corrected chi connectivity index (χ4v) is 2.17. The number of aromatic amines is 1. The van der Waals surface area contributed by atoms with Crippen molar-refractivity contribution in [3.05, 3.63) is 53.6 Å². The quantitative estimate of drug-likeness (QED) is 0.804. The highest BCUT2D eigenvalue weighted by Crippen LogP contribution is 2.18. The van der Waals surface area contributed by atoms with Crippen LogP contribution in [0.25, 0.3) is 0 Å². The number of carbonyl (C=O) groups excluding carboxylic acids is 1. The lowest BCUT2D eigenvalue weighted by atomic mass is 10.1. The van der Waals surface area contributed by atoms with Gasteiger partial charge in [0, 0.05) is 37.6 Å². The second-order valence-corrected chi connectivity index (χ2v) is 4.17. The minimum Gasteiger partial charge on any atom is -0.365 e. The van der Waals surface area contributed by atoms with E-state index in [-0.39, 0.29) is 5.91 Å². The van der Waals surface area contributed by atoms with Gasteiger partial charge in [-0.15, -0.1) is 0 Å². The Hall–Kier alpha value is -2.10. The molecule has 3 rings (SSSR count). The monoisotopic (exact) mass is 227 g/mol. The summed E-state index contributed by atoms with van der Waals surface area (Å²) in [4.78, 5) is 21.3. The van der Waals surface area contributed by atoms with Gasteiger partial charge in [-0.05, 0) is 23.8 Å². The van der Waals surface area contributed by atoms with Crippen LogP contribution < -0.4 is 0 Å².